The van der Waals surface area contributed by atoms with Gasteiger partial charge in [0.2, 0.25) is 0 Å². The molecule has 2 heterocycles. The molecule has 0 aliphatic heterocycles. The minimum Gasteiger partial charge on any atom is -0.254 e. The predicted molar refractivity (Wildman–Crippen MR) is 178 cm³/mol. The molecule has 0 atom stereocenters. The van der Waals surface area contributed by atoms with Crippen LogP contribution < -0.4 is 0 Å². The summed E-state index contributed by atoms with van der Waals surface area (Å²) >= 11 is 0. The van der Waals surface area contributed by atoms with E-state index in [0.29, 0.717) is 0 Å². The highest BCUT2D eigenvalue weighted by atomic mass is 14.7. The molecule has 0 aliphatic carbocycles. The maximum absolute atomic E-state index is 4.70. The van der Waals surface area contributed by atoms with Gasteiger partial charge < -0.3 is 0 Å². The Morgan fingerprint density at radius 2 is 0.595 bits per heavy atom. The molecule has 9 aromatic rings. The van der Waals surface area contributed by atoms with Crippen molar-refractivity contribution < 1.29 is 0 Å². The molecule has 0 radical (unpaired) electrons. The highest BCUT2D eigenvalue weighted by molar-refractivity contribution is 6.26. The van der Waals surface area contributed by atoms with Crippen molar-refractivity contribution in [2.75, 3.05) is 0 Å². The Kier molecular flexibility index (Phi) is 4.93. The van der Waals surface area contributed by atoms with Crippen LogP contribution in [0.4, 0.5) is 0 Å². The van der Waals surface area contributed by atoms with Gasteiger partial charge >= 0.3 is 0 Å². The number of hydrogen-bond acceptors (Lipinski definition) is 2. The van der Waals surface area contributed by atoms with Gasteiger partial charge in [0.1, 0.15) is 0 Å². The summed E-state index contributed by atoms with van der Waals surface area (Å²) in [5.74, 6) is 0. The van der Waals surface area contributed by atoms with Crippen LogP contribution in [0.3, 0.4) is 0 Å². The summed E-state index contributed by atoms with van der Waals surface area (Å²) in [6.45, 7) is 0. The van der Waals surface area contributed by atoms with Crippen LogP contribution in [-0.2, 0) is 0 Å². The quantitative estimate of drug-likeness (QED) is 0.207. The molecule has 7 aromatic carbocycles. The van der Waals surface area contributed by atoms with E-state index in [-0.39, 0.29) is 0 Å². The molecule has 0 aliphatic rings. The van der Waals surface area contributed by atoms with E-state index in [1.807, 2.05) is 24.5 Å². The molecular formula is C40H24N2. The zero-order valence-corrected chi connectivity index (χ0v) is 22.8. The van der Waals surface area contributed by atoms with Crippen LogP contribution in [0.5, 0.6) is 0 Å². The fraction of sp³-hybridized carbons (Fsp3) is 0. The average Bonchev–Trinajstić information content (AvgIpc) is 3.08. The SMILES string of the molecule is c1ccc2c(c1)c1ccccc1c1cc(-c3ccc(-c4ccc5c(c4)c4cccnc4c4ncccc54)cc3)ccc21. The molecule has 2 nitrogen and oxygen atoms in total. The number of fused-ring (bicyclic) bond motifs is 12. The van der Waals surface area contributed by atoms with Crippen molar-refractivity contribution in [3.63, 3.8) is 0 Å². The molecule has 0 saturated heterocycles. The maximum atomic E-state index is 4.70. The zero-order chi connectivity index (χ0) is 27.6. The van der Waals surface area contributed by atoms with Crippen molar-refractivity contribution in [2.24, 2.45) is 0 Å². The van der Waals surface area contributed by atoms with Gasteiger partial charge in [-0.1, -0.05) is 109 Å². The van der Waals surface area contributed by atoms with E-state index in [2.05, 4.69) is 126 Å². The molecule has 0 amide bonds. The number of aromatic nitrogens is 2. The summed E-state index contributed by atoms with van der Waals surface area (Å²) in [6, 6.07) is 48.4. The third kappa shape index (κ3) is 3.39. The number of nitrogens with zero attached hydrogens (tertiary/aromatic N) is 2. The van der Waals surface area contributed by atoms with Gasteiger partial charge in [0.15, 0.2) is 0 Å². The summed E-state index contributed by atoms with van der Waals surface area (Å²) in [5, 5.41) is 12.5. The van der Waals surface area contributed by atoms with Crippen molar-refractivity contribution in [1.29, 1.82) is 0 Å². The van der Waals surface area contributed by atoms with Crippen molar-refractivity contribution >= 4 is 64.9 Å². The lowest BCUT2D eigenvalue weighted by Gasteiger charge is -2.13. The molecule has 0 unspecified atom stereocenters. The van der Waals surface area contributed by atoms with Crippen LogP contribution in [0.25, 0.3) is 87.1 Å². The van der Waals surface area contributed by atoms with E-state index < -0.39 is 0 Å². The number of rotatable bonds is 2. The topological polar surface area (TPSA) is 25.8 Å². The highest BCUT2D eigenvalue weighted by Crippen LogP contribution is 2.38. The molecular weight excluding hydrogens is 508 g/mol. The van der Waals surface area contributed by atoms with Crippen LogP contribution in [0.2, 0.25) is 0 Å². The molecule has 2 aromatic heterocycles. The lowest BCUT2D eigenvalue weighted by molar-refractivity contribution is 1.38. The van der Waals surface area contributed by atoms with E-state index in [9.17, 15) is 0 Å². The van der Waals surface area contributed by atoms with Gasteiger partial charge in [0.05, 0.1) is 11.0 Å². The monoisotopic (exact) mass is 532 g/mol. The third-order valence-electron chi connectivity index (χ3n) is 8.74. The highest BCUT2D eigenvalue weighted by Gasteiger charge is 2.12. The van der Waals surface area contributed by atoms with Crippen LogP contribution in [0.15, 0.2) is 146 Å². The van der Waals surface area contributed by atoms with E-state index in [0.717, 1.165) is 21.8 Å². The van der Waals surface area contributed by atoms with E-state index >= 15 is 0 Å². The Bertz CT molecular complexity index is 2260. The fourth-order valence-electron chi connectivity index (χ4n) is 6.75. The summed E-state index contributed by atoms with van der Waals surface area (Å²) in [4.78, 5) is 9.37. The summed E-state index contributed by atoms with van der Waals surface area (Å²) in [5.41, 5.74) is 6.73. The molecule has 0 N–H and O–H groups in total. The first-order valence-corrected chi connectivity index (χ1v) is 14.3. The lowest BCUT2D eigenvalue weighted by atomic mass is 9.91. The Labute approximate surface area is 242 Å². The van der Waals surface area contributed by atoms with Gasteiger partial charge in [-0.15, -0.1) is 0 Å². The molecule has 42 heavy (non-hydrogen) atoms. The minimum absolute atomic E-state index is 0.949. The lowest BCUT2D eigenvalue weighted by Crippen LogP contribution is -1.89. The normalized spacial score (nSPS) is 11.8. The summed E-state index contributed by atoms with van der Waals surface area (Å²) < 4.78 is 0. The van der Waals surface area contributed by atoms with Gasteiger partial charge in [-0.3, -0.25) is 9.97 Å². The van der Waals surface area contributed by atoms with E-state index in [1.54, 1.807) is 0 Å². The van der Waals surface area contributed by atoms with Crippen molar-refractivity contribution in [2.45, 2.75) is 0 Å². The maximum Gasteiger partial charge on any atom is 0.0970 e. The molecule has 9 rings (SSSR count). The van der Waals surface area contributed by atoms with Crippen LogP contribution in [0, 0.1) is 0 Å². The Hall–Kier alpha value is -5.60. The van der Waals surface area contributed by atoms with E-state index in [4.69, 9.17) is 4.98 Å². The molecule has 0 saturated carbocycles. The van der Waals surface area contributed by atoms with Gasteiger partial charge in [0, 0.05) is 23.2 Å². The molecule has 0 spiro atoms. The van der Waals surface area contributed by atoms with Crippen molar-refractivity contribution in [3.05, 3.63) is 146 Å². The first-order chi connectivity index (χ1) is 20.8. The largest absolute Gasteiger partial charge is 0.254 e. The first-order valence-electron chi connectivity index (χ1n) is 14.3. The fourth-order valence-corrected chi connectivity index (χ4v) is 6.75. The first kappa shape index (κ1) is 23.1. The van der Waals surface area contributed by atoms with Gasteiger partial charge in [-0.05, 0) is 89.6 Å². The third-order valence-corrected chi connectivity index (χ3v) is 8.74. The van der Waals surface area contributed by atoms with Gasteiger partial charge in [0.25, 0.3) is 0 Å². The van der Waals surface area contributed by atoms with Crippen LogP contribution in [0.1, 0.15) is 0 Å². The smallest absolute Gasteiger partial charge is 0.0970 e. The Morgan fingerprint density at radius 1 is 0.262 bits per heavy atom. The number of benzene rings is 7. The summed E-state index contributed by atoms with van der Waals surface area (Å²) in [6.07, 6.45) is 3.70. The van der Waals surface area contributed by atoms with Gasteiger partial charge in [-0.25, -0.2) is 0 Å². The molecule has 194 valence electrons. The summed E-state index contributed by atoms with van der Waals surface area (Å²) in [7, 11) is 0. The predicted octanol–water partition coefficient (Wildman–Crippen LogP) is 10.7. The second kappa shape index (κ2) is 8.95. The molecule has 2 heteroatoms. The second-order valence-electron chi connectivity index (χ2n) is 11.0. The number of hydrogen-bond donors (Lipinski definition) is 0. The Balaban J connectivity index is 1.17. The average molecular weight is 533 g/mol. The standard InChI is InChI=1S/C40H24N2/c1-2-9-31-29(7-1)30-8-3-4-10-32(30)37-23-27(17-19-33(31)37)25-13-15-26(16-14-25)28-18-20-34-35-11-5-21-41-39(35)40-36(38(34)24-28)12-6-22-42-40/h1-24H. The molecule has 0 fully saturated rings. The second-order valence-corrected chi connectivity index (χ2v) is 11.0. The van der Waals surface area contributed by atoms with Crippen LogP contribution in [-0.4, -0.2) is 9.97 Å². The van der Waals surface area contributed by atoms with Crippen LogP contribution >= 0.6 is 0 Å². The van der Waals surface area contributed by atoms with Gasteiger partial charge in [-0.2, -0.15) is 0 Å². The number of pyridine rings is 2. The van der Waals surface area contributed by atoms with E-state index in [1.165, 1.54) is 65.3 Å². The van der Waals surface area contributed by atoms with Crippen molar-refractivity contribution in [1.82, 2.24) is 9.97 Å². The zero-order valence-electron chi connectivity index (χ0n) is 22.8. The Morgan fingerprint density at radius 3 is 1.10 bits per heavy atom. The minimum atomic E-state index is 0.949. The van der Waals surface area contributed by atoms with Crippen molar-refractivity contribution in [3.8, 4) is 22.3 Å². The molecule has 0 bridgehead atoms.